The Hall–Kier alpha value is -1.36. The summed E-state index contributed by atoms with van der Waals surface area (Å²) in [5.41, 5.74) is 6.02. The van der Waals surface area contributed by atoms with E-state index in [-0.39, 0.29) is 5.56 Å². The number of rotatable bonds is 6. The number of hydrogen-bond donors (Lipinski definition) is 2. The lowest BCUT2D eigenvalue weighted by Gasteiger charge is -2.08. The van der Waals surface area contributed by atoms with Crippen molar-refractivity contribution in [1.82, 2.24) is 9.78 Å². The first-order chi connectivity index (χ1) is 7.63. The predicted molar refractivity (Wildman–Crippen MR) is 65.5 cm³/mol. The van der Waals surface area contributed by atoms with Gasteiger partial charge >= 0.3 is 0 Å². The summed E-state index contributed by atoms with van der Waals surface area (Å²) in [4.78, 5) is 11.6. The second-order valence-corrected chi connectivity index (χ2v) is 4.20. The van der Waals surface area contributed by atoms with E-state index in [0.717, 1.165) is 12.1 Å². The third-order valence-corrected chi connectivity index (χ3v) is 2.26. The van der Waals surface area contributed by atoms with Crippen LogP contribution >= 0.6 is 0 Å². The van der Waals surface area contributed by atoms with E-state index < -0.39 is 0 Å². The lowest BCUT2D eigenvalue weighted by Crippen LogP contribution is -2.24. The average molecular weight is 224 g/mol. The molecule has 1 heterocycles. The Balaban J connectivity index is 2.64. The molecule has 0 aliphatic rings. The summed E-state index contributed by atoms with van der Waals surface area (Å²) < 4.78 is 1.49. The molecule has 0 amide bonds. The molecule has 0 aromatic carbocycles. The van der Waals surface area contributed by atoms with Gasteiger partial charge in [0, 0.05) is 25.7 Å². The molecule has 0 radical (unpaired) electrons. The minimum Gasteiger partial charge on any atom is -0.382 e. The molecule has 90 valence electrons. The summed E-state index contributed by atoms with van der Waals surface area (Å²) in [6.45, 7) is 6.12. The Morgan fingerprint density at radius 1 is 1.56 bits per heavy atom. The summed E-state index contributed by atoms with van der Waals surface area (Å²) in [6, 6.07) is 1.56. The van der Waals surface area contributed by atoms with Crippen molar-refractivity contribution < 1.29 is 0 Å². The SMILES string of the molecule is CC(C)CCn1ncc(NCCN)cc1=O. The standard InChI is InChI=1S/C11H20N4O/c1-9(2)3-6-15-11(16)7-10(8-14-15)13-5-4-12/h7-9,13H,3-6,12H2,1-2H3. The Labute approximate surface area is 95.7 Å². The molecular weight excluding hydrogens is 204 g/mol. The Morgan fingerprint density at radius 3 is 2.88 bits per heavy atom. The first-order valence-electron chi connectivity index (χ1n) is 5.64. The smallest absolute Gasteiger partial charge is 0.268 e. The lowest BCUT2D eigenvalue weighted by atomic mass is 10.1. The van der Waals surface area contributed by atoms with Gasteiger partial charge in [-0.25, -0.2) is 4.68 Å². The number of aryl methyl sites for hydroxylation is 1. The predicted octanol–water partition coefficient (Wildman–Crippen LogP) is 0.660. The van der Waals surface area contributed by atoms with Crippen LogP contribution in [-0.2, 0) is 6.54 Å². The molecule has 1 aromatic rings. The van der Waals surface area contributed by atoms with Crippen molar-refractivity contribution >= 4 is 5.69 Å². The Bertz CT molecular complexity index is 372. The minimum atomic E-state index is -0.0670. The maximum atomic E-state index is 11.6. The third kappa shape index (κ3) is 4.02. The van der Waals surface area contributed by atoms with Crippen LogP contribution in [0.3, 0.4) is 0 Å². The molecule has 3 N–H and O–H groups in total. The zero-order valence-corrected chi connectivity index (χ0v) is 9.94. The summed E-state index contributed by atoms with van der Waals surface area (Å²) >= 11 is 0. The fourth-order valence-corrected chi connectivity index (χ4v) is 1.30. The van der Waals surface area contributed by atoms with E-state index in [1.807, 2.05) is 0 Å². The zero-order valence-electron chi connectivity index (χ0n) is 9.94. The van der Waals surface area contributed by atoms with Gasteiger partial charge in [0.2, 0.25) is 0 Å². The highest BCUT2D eigenvalue weighted by molar-refractivity contribution is 5.38. The highest BCUT2D eigenvalue weighted by Gasteiger charge is 2.01. The fraction of sp³-hybridized carbons (Fsp3) is 0.636. The van der Waals surface area contributed by atoms with Crippen LogP contribution in [0.1, 0.15) is 20.3 Å². The van der Waals surface area contributed by atoms with Crippen LogP contribution in [0.5, 0.6) is 0 Å². The minimum absolute atomic E-state index is 0.0670. The molecular formula is C11H20N4O. The number of nitrogens with zero attached hydrogens (tertiary/aromatic N) is 2. The van der Waals surface area contributed by atoms with Crippen molar-refractivity contribution in [2.45, 2.75) is 26.8 Å². The fourth-order valence-electron chi connectivity index (χ4n) is 1.30. The highest BCUT2D eigenvalue weighted by atomic mass is 16.1. The molecule has 5 nitrogen and oxygen atoms in total. The van der Waals surface area contributed by atoms with Gasteiger partial charge in [0.1, 0.15) is 0 Å². The maximum Gasteiger partial charge on any atom is 0.268 e. The molecule has 0 aliphatic heterocycles. The zero-order chi connectivity index (χ0) is 12.0. The average Bonchev–Trinajstić information content (AvgIpc) is 2.24. The van der Waals surface area contributed by atoms with E-state index in [0.29, 0.717) is 25.6 Å². The van der Waals surface area contributed by atoms with Gasteiger partial charge in [-0.15, -0.1) is 0 Å². The number of anilines is 1. The first kappa shape index (κ1) is 12.7. The quantitative estimate of drug-likeness (QED) is 0.744. The molecule has 0 atom stereocenters. The molecule has 0 aliphatic carbocycles. The summed E-state index contributed by atoms with van der Waals surface area (Å²) in [6.07, 6.45) is 2.62. The van der Waals surface area contributed by atoms with Gasteiger partial charge in [-0.1, -0.05) is 13.8 Å². The van der Waals surface area contributed by atoms with E-state index in [1.54, 1.807) is 12.3 Å². The number of nitrogens with one attached hydrogen (secondary N) is 1. The van der Waals surface area contributed by atoms with Crippen LogP contribution in [0.15, 0.2) is 17.1 Å². The summed E-state index contributed by atoms with van der Waals surface area (Å²) in [7, 11) is 0. The van der Waals surface area contributed by atoms with Crippen molar-refractivity contribution in [3.63, 3.8) is 0 Å². The van der Waals surface area contributed by atoms with E-state index in [4.69, 9.17) is 5.73 Å². The maximum absolute atomic E-state index is 11.6. The Morgan fingerprint density at radius 2 is 2.31 bits per heavy atom. The van der Waals surface area contributed by atoms with Crippen molar-refractivity contribution in [3.8, 4) is 0 Å². The lowest BCUT2D eigenvalue weighted by molar-refractivity contribution is 0.472. The van der Waals surface area contributed by atoms with Crippen LogP contribution in [0, 0.1) is 5.92 Å². The van der Waals surface area contributed by atoms with Crippen molar-refractivity contribution in [1.29, 1.82) is 0 Å². The highest BCUT2D eigenvalue weighted by Crippen LogP contribution is 2.02. The molecule has 0 fully saturated rings. The van der Waals surface area contributed by atoms with Gasteiger partial charge in [0.25, 0.3) is 5.56 Å². The summed E-state index contributed by atoms with van der Waals surface area (Å²) in [5.74, 6) is 0.573. The molecule has 0 saturated carbocycles. The van der Waals surface area contributed by atoms with Gasteiger partial charge in [-0.2, -0.15) is 5.10 Å². The van der Waals surface area contributed by atoms with E-state index in [1.165, 1.54) is 4.68 Å². The molecule has 1 rings (SSSR count). The second-order valence-electron chi connectivity index (χ2n) is 4.20. The van der Waals surface area contributed by atoms with Crippen molar-refractivity contribution in [2.75, 3.05) is 18.4 Å². The van der Waals surface area contributed by atoms with Crippen molar-refractivity contribution in [2.24, 2.45) is 11.7 Å². The number of nitrogens with two attached hydrogens (primary N) is 1. The van der Waals surface area contributed by atoms with Gasteiger partial charge in [-0.05, 0) is 12.3 Å². The molecule has 0 saturated heterocycles. The van der Waals surface area contributed by atoms with E-state index >= 15 is 0 Å². The third-order valence-electron chi connectivity index (χ3n) is 2.26. The summed E-state index contributed by atoms with van der Waals surface area (Å²) in [5, 5.41) is 7.13. The molecule has 16 heavy (non-hydrogen) atoms. The second kappa shape index (κ2) is 6.27. The van der Waals surface area contributed by atoms with Gasteiger partial charge in [0.05, 0.1) is 11.9 Å². The van der Waals surface area contributed by atoms with Gasteiger partial charge in [-0.3, -0.25) is 4.79 Å². The molecule has 5 heteroatoms. The molecule has 0 unspecified atom stereocenters. The monoisotopic (exact) mass is 224 g/mol. The first-order valence-corrected chi connectivity index (χ1v) is 5.64. The van der Waals surface area contributed by atoms with Crippen LogP contribution in [0.25, 0.3) is 0 Å². The normalized spacial score (nSPS) is 10.8. The van der Waals surface area contributed by atoms with Gasteiger partial charge < -0.3 is 11.1 Å². The van der Waals surface area contributed by atoms with E-state index in [9.17, 15) is 4.79 Å². The Kier molecular flexibility index (Phi) is 4.98. The topological polar surface area (TPSA) is 72.9 Å². The van der Waals surface area contributed by atoms with Crippen LogP contribution in [-0.4, -0.2) is 22.9 Å². The van der Waals surface area contributed by atoms with Crippen molar-refractivity contribution in [3.05, 3.63) is 22.6 Å². The van der Waals surface area contributed by atoms with Crippen LogP contribution < -0.4 is 16.6 Å². The largest absolute Gasteiger partial charge is 0.382 e. The molecule has 1 aromatic heterocycles. The number of aromatic nitrogens is 2. The molecule has 0 spiro atoms. The van der Waals surface area contributed by atoms with Crippen LogP contribution in [0.2, 0.25) is 0 Å². The number of hydrogen-bond acceptors (Lipinski definition) is 4. The van der Waals surface area contributed by atoms with Gasteiger partial charge in [0.15, 0.2) is 0 Å². The van der Waals surface area contributed by atoms with E-state index in [2.05, 4.69) is 24.3 Å². The van der Waals surface area contributed by atoms with Crippen LogP contribution in [0.4, 0.5) is 5.69 Å². The molecule has 0 bridgehead atoms.